The average molecular weight is 502 g/mol. The molecule has 2 atom stereocenters. The first-order chi connectivity index (χ1) is 17.9. The number of aliphatic carboxylic acids is 1. The topological polar surface area (TPSA) is 125 Å². The van der Waals surface area contributed by atoms with Crippen LogP contribution in [0.15, 0.2) is 84.9 Å². The predicted molar refractivity (Wildman–Crippen MR) is 136 cm³/mol. The van der Waals surface area contributed by atoms with Crippen LogP contribution in [0.5, 0.6) is 0 Å². The Balaban J connectivity index is 1.33. The lowest BCUT2D eigenvalue weighted by Gasteiger charge is -2.28. The van der Waals surface area contributed by atoms with Crippen LogP contribution < -0.4 is 10.6 Å². The number of nitrogens with zero attached hydrogens (tertiary/aromatic N) is 1. The van der Waals surface area contributed by atoms with Crippen molar-refractivity contribution in [3.8, 4) is 0 Å². The number of rotatable bonds is 8. The van der Waals surface area contributed by atoms with E-state index in [1.165, 1.54) is 11.0 Å². The van der Waals surface area contributed by atoms with Crippen molar-refractivity contribution in [2.45, 2.75) is 31.5 Å². The molecular formula is C28H27N3O6. The lowest BCUT2D eigenvalue weighted by molar-refractivity contribution is -0.149. The first kappa shape index (κ1) is 25.4. The van der Waals surface area contributed by atoms with Crippen LogP contribution in [0.4, 0.5) is 10.5 Å². The maximum Gasteiger partial charge on any atom is 0.338 e. The molecule has 1 unspecified atom stereocenters. The fraction of sp³-hybridized carbons (Fsp3) is 0.214. The van der Waals surface area contributed by atoms with Crippen LogP contribution in [0, 0.1) is 0 Å². The number of anilines is 1. The molecule has 9 heteroatoms. The van der Waals surface area contributed by atoms with Crippen LogP contribution in [0.2, 0.25) is 0 Å². The fourth-order valence-corrected chi connectivity index (χ4v) is 4.36. The first-order valence-electron chi connectivity index (χ1n) is 11.9. The van der Waals surface area contributed by atoms with E-state index in [0.29, 0.717) is 18.5 Å². The zero-order valence-corrected chi connectivity index (χ0v) is 20.0. The minimum atomic E-state index is -1.08. The van der Waals surface area contributed by atoms with E-state index in [1.807, 2.05) is 60.7 Å². The molecule has 3 amide bonds. The number of carboxylic acid groups (broad SMARTS) is 1. The molecule has 0 bridgehead atoms. The number of amides is 3. The number of ether oxygens (including phenoxy) is 1. The van der Waals surface area contributed by atoms with Gasteiger partial charge in [-0.15, -0.1) is 0 Å². The first-order valence-corrected chi connectivity index (χ1v) is 11.9. The minimum absolute atomic E-state index is 0.123. The molecule has 1 aliphatic rings. The predicted octanol–water partition coefficient (Wildman–Crippen LogP) is 3.98. The molecule has 190 valence electrons. The molecule has 1 fully saturated rings. The number of carbonyl (C=O) groups is 4. The number of hydrogen-bond acceptors (Lipinski definition) is 5. The zero-order chi connectivity index (χ0) is 26.2. The normalized spacial score (nSPS) is 16.6. The second kappa shape index (κ2) is 11.9. The van der Waals surface area contributed by atoms with Gasteiger partial charge >= 0.3 is 18.0 Å². The van der Waals surface area contributed by atoms with E-state index in [2.05, 4.69) is 10.6 Å². The summed E-state index contributed by atoms with van der Waals surface area (Å²) in [5, 5.41) is 14.7. The van der Waals surface area contributed by atoms with Gasteiger partial charge in [0.2, 0.25) is 5.91 Å². The van der Waals surface area contributed by atoms with Gasteiger partial charge < -0.3 is 25.4 Å². The van der Waals surface area contributed by atoms with Gasteiger partial charge in [-0.3, -0.25) is 4.79 Å². The van der Waals surface area contributed by atoms with Crippen molar-refractivity contribution in [1.82, 2.24) is 10.2 Å². The molecule has 0 radical (unpaired) electrons. The molecule has 0 saturated carbocycles. The van der Waals surface area contributed by atoms with Crippen molar-refractivity contribution >= 4 is 29.6 Å². The molecule has 1 heterocycles. The smallest absolute Gasteiger partial charge is 0.338 e. The Hall–Kier alpha value is -4.66. The number of likely N-dealkylation sites (tertiary alicyclic amines) is 1. The van der Waals surface area contributed by atoms with Gasteiger partial charge in [-0.2, -0.15) is 0 Å². The summed E-state index contributed by atoms with van der Waals surface area (Å²) in [6, 6.07) is 22.8. The van der Waals surface area contributed by atoms with Gasteiger partial charge in [0.15, 0.2) is 0 Å². The van der Waals surface area contributed by atoms with Gasteiger partial charge in [-0.1, -0.05) is 66.7 Å². The second-order valence-corrected chi connectivity index (χ2v) is 8.61. The third-order valence-electron chi connectivity index (χ3n) is 6.11. The Morgan fingerprint density at radius 1 is 0.892 bits per heavy atom. The van der Waals surface area contributed by atoms with E-state index in [-0.39, 0.29) is 24.8 Å². The van der Waals surface area contributed by atoms with Crippen LogP contribution >= 0.6 is 0 Å². The maximum atomic E-state index is 13.0. The molecule has 37 heavy (non-hydrogen) atoms. The van der Waals surface area contributed by atoms with Crippen LogP contribution in [0.25, 0.3) is 0 Å². The van der Waals surface area contributed by atoms with Crippen molar-refractivity contribution in [3.63, 3.8) is 0 Å². The summed E-state index contributed by atoms with van der Waals surface area (Å²) in [6.07, 6.45) is 0.853. The van der Waals surface area contributed by atoms with Crippen molar-refractivity contribution in [2.24, 2.45) is 0 Å². The van der Waals surface area contributed by atoms with Crippen molar-refractivity contribution in [3.05, 3.63) is 102 Å². The number of carbonyl (C=O) groups excluding carboxylic acids is 3. The van der Waals surface area contributed by atoms with Gasteiger partial charge in [-0.25, -0.2) is 14.4 Å². The molecule has 4 rings (SSSR count). The maximum absolute atomic E-state index is 13.0. The molecule has 3 N–H and O–H groups in total. The molecule has 3 aromatic rings. The number of nitrogens with one attached hydrogen (secondary N) is 2. The molecule has 0 spiro atoms. The highest BCUT2D eigenvalue weighted by atomic mass is 16.5. The Bertz CT molecular complexity index is 1270. The number of urea groups is 1. The quantitative estimate of drug-likeness (QED) is 0.401. The summed E-state index contributed by atoms with van der Waals surface area (Å²) in [5.41, 5.74) is 2.30. The minimum Gasteiger partial charge on any atom is -0.480 e. The molecule has 0 aliphatic carbocycles. The summed E-state index contributed by atoms with van der Waals surface area (Å²) >= 11 is 0. The highest BCUT2D eigenvalue weighted by Crippen LogP contribution is 2.36. The largest absolute Gasteiger partial charge is 0.480 e. The third-order valence-corrected chi connectivity index (χ3v) is 6.11. The van der Waals surface area contributed by atoms with Gasteiger partial charge in [-0.05, 0) is 42.2 Å². The third kappa shape index (κ3) is 6.52. The van der Waals surface area contributed by atoms with E-state index in [1.54, 1.807) is 18.2 Å². The summed E-state index contributed by atoms with van der Waals surface area (Å²) in [5.74, 6) is -2.11. The van der Waals surface area contributed by atoms with E-state index >= 15 is 0 Å². The fourth-order valence-electron chi connectivity index (χ4n) is 4.36. The van der Waals surface area contributed by atoms with Crippen LogP contribution in [-0.2, 0) is 20.9 Å². The Morgan fingerprint density at radius 3 is 2.30 bits per heavy atom. The SMILES string of the molecule is O=C(NCC(=O)N1C(c2ccccc2)CC[C@H]1C(=O)O)Nc1cccc(C(=O)OCc2ccccc2)c1. The summed E-state index contributed by atoms with van der Waals surface area (Å²) in [4.78, 5) is 50.9. The number of benzene rings is 3. The van der Waals surface area contributed by atoms with Gasteiger partial charge in [0, 0.05) is 5.69 Å². The average Bonchev–Trinajstić information content (AvgIpc) is 3.37. The Labute approximate surface area is 214 Å². The van der Waals surface area contributed by atoms with Crippen LogP contribution in [-0.4, -0.2) is 46.5 Å². The van der Waals surface area contributed by atoms with Crippen molar-refractivity contribution < 1.29 is 29.0 Å². The van der Waals surface area contributed by atoms with Crippen LogP contribution in [0.1, 0.15) is 40.4 Å². The van der Waals surface area contributed by atoms with E-state index in [4.69, 9.17) is 4.74 Å². The molecule has 1 aliphatic heterocycles. The highest BCUT2D eigenvalue weighted by Gasteiger charge is 2.41. The summed E-state index contributed by atoms with van der Waals surface area (Å²) < 4.78 is 5.32. The van der Waals surface area contributed by atoms with Gasteiger partial charge in [0.25, 0.3) is 0 Å². The molecule has 3 aromatic carbocycles. The Morgan fingerprint density at radius 2 is 1.59 bits per heavy atom. The lowest BCUT2D eigenvalue weighted by atomic mass is 10.0. The van der Waals surface area contributed by atoms with Gasteiger partial charge in [0.05, 0.1) is 18.2 Å². The zero-order valence-electron chi connectivity index (χ0n) is 20.0. The number of carboxylic acids is 1. The molecule has 9 nitrogen and oxygen atoms in total. The molecular weight excluding hydrogens is 474 g/mol. The highest BCUT2D eigenvalue weighted by molar-refractivity contribution is 5.95. The van der Waals surface area contributed by atoms with Crippen LogP contribution in [0.3, 0.4) is 0 Å². The molecule has 0 aromatic heterocycles. The monoisotopic (exact) mass is 501 g/mol. The summed E-state index contributed by atoms with van der Waals surface area (Å²) in [7, 11) is 0. The second-order valence-electron chi connectivity index (χ2n) is 8.61. The summed E-state index contributed by atoms with van der Waals surface area (Å²) in [6.45, 7) is -0.254. The number of esters is 1. The van der Waals surface area contributed by atoms with E-state index in [9.17, 15) is 24.3 Å². The number of hydrogen-bond donors (Lipinski definition) is 3. The molecule has 1 saturated heterocycles. The van der Waals surface area contributed by atoms with Crippen molar-refractivity contribution in [1.29, 1.82) is 0 Å². The van der Waals surface area contributed by atoms with Gasteiger partial charge in [0.1, 0.15) is 12.6 Å². The van der Waals surface area contributed by atoms with E-state index in [0.717, 1.165) is 11.1 Å². The standard InChI is InChI=1S/C28H27N3O6/c32-25(31-23(14-15-24(31)26(33)34)20-10-5-2-6-11-20)17-29-28(36)30-22-13-7-12-21(16-22)27(35)37-18-19-8-3-1-4-9-19/h1-13,16,23-24H,14-15,17-18H2,(H,33,34)(H2,29,30,36)/t23?,24-/m0/s1. The van der Waals surface area contributed by atoms with E-state index < -0.39 is 29.9 Å². The lowest BCUT2D eigenvalue weighted by Crippen LogP contribution is -2.47. The van der Waals surface area contributed by atoms with Crippen molar-refractivity contribution in [2.75, 3.05) is 11.9 Å². The Kier molecular flexibility index (Phi) is 8.15.